The molecule has 1 N–H and O–H groups in total. The molecule has 0 bridgehead atoms. The summed E-state index contributed by atoms with van der Waals surface area (Å²) in [5.74, 6) is 1.23. The van der Waals surface area contributed by atoms with Crippen LogP contribution in [0.3, 0.4) is 0 Å². The van der Waals surface area contributed by atoms with Crippen molar-refractivity contribution in [3.63, 3.8) is 0 Å². The molecular weight excluding hydrogens is 224 g/mol. The maximum Gasteiger partial charge on any atom is 0.180 e. The molecule has 84 valence electrons. The second kappa shape index (κ2) is 4.18. The Bertz CT molecular complexity index is 458. The van der Waals surface area contributed by atoms with E-state index in [0.717, 1.165) is 23.4 Å². The van der Waals surface area contributed by atoms with Gasteiger partial charge in [-0.25, -0.2) is 4.99 Å². The number of hydrogen-bond acceptors (Lipinski definition) is 3. The monoisotopic (exact) mass is 236 g/mol. The highest BCUT2D eigenvalue weighted by molar-refractivity contribution is 6.18. The molecule has 0 unspecified atom stereocenters. The maximum absolute atomic E-state index is 9.70. The summed E-state index contributed by atoms with van der Waals surface area (Å²) in [5, 5.41) is 9.70. The second-order valence-electron chi connectivity index (χ2n) is 3.65. The molecule has 0 atom stereocenters. The molecule has 0 aromatic carbocycles. The normalized spacial score (nSPS) is 19.6. The van der Waals surface area contributed by atoms with Gasteiger partial charge in [0.1, 0.15) is 0 Å². The summed E-state index contributed by atoms with van der Waals surface area (Å²) in [6.45, 7) is 5.93. The Balaban J connectivity index is 2.45. The van der Waals surface area contributed by atoms with Gasteiger partial charge < -0.3 is 5.11 Å². The molecule has 0 fully saturated rings. The number of halogens is 1. The third-order valence-corrected chi connectivity index (χ3v) is 2.83. The van der Waals surface area contributed by atoms with Crippen molar-refractivity contribution in [2.24, 2.45) is 4.99 Å². The van der Waals surface area contributed by atoms with Crippen molar-refractivity contribution in [2.45, 2.75) is 13.3 Å². The number of aliphatic hydroxyl groups is 1. The SMILES string of the molecule is C=C1C(CCCl)=C(C)N=C2C(O)=CC=CN12. The fourth-order valence-corrected chi connectivity index (χ4v) is 2.01. The molecule has 16 heavy (non-hydrogen) atoms. The zero-order chi connectivity index (χ0) is 11.7. The quantitative estimate of drug-likeness (QED) is 0.748. The van der Waals surface area contributed by atoms with Crippen LogP contribution < -0.4 is 0 Å². The van der Waals surface area contributed by atoms with E-state index in [1.807, 2.05) is 13.1 Å². The summed E-state index contributed by atoms with van der Waals surface area (Å²) in [7, 11) is 0. The number of aliphatic imine (C=N–C) groups is 1. The van der Waals surface area contributed by atoms with Gasteiger partial charge in [0, 0.05) is 23.5 Å². The van der Waals surface area contributed by atoms with Gasteiger partial charge in [0.25, 0.3) is 0 Å². The van der Waals surface area contributed by atoms with Crippen LogP contribution in [0.2, 0.25) is 0 Å². The van der Waals surface area contributed by atoms with Crippen LogP contribution in [0, 0.1) is 0 Å². The van der Waals surface area contributed by atoms with Crippen molar-refractivity contribution in [2.75, 3.05) is 5.88 Å². The zero-order valence-electron chi connectivity index (χ0n) is 9.07. The molecule has 0 aromatic heterocycles. The molecule has 2 aliphatic heterocycles. The van der Waals surface area contributed by atoms with Crippen LogP contribution in [-0.2, 0) is 0 Å². The van der Waals surface area contributed by atoms with E-state index in [1.165, 1.54) is 0 Å². The number of fused-ring (bicyclic) bond motifs is 1. The minimum atomic E-state index is 0.160. The Morgan fingerprint density at radius 3 is 3.00 bits per heavy atom. The molecule has 2 rings (SSSR count). The molecule has 0 aliphatic carbocycles. The topological polar surface area (TPSA) is 35.8 Å². The molecule has 0 spiro atoms. The Labute approximate surface area is 99.7 Å². The summed E-state index contributed by atoms with van der Waals surface area (Å²) >= 11 is 5.75. The molecule has 2 heterocycles. The summed E-state index contributed by atoms with van der Waals surface area (Å²) in [5.41, 5.74) is 2.74. The lowest BCUT2D eigenvalue weighted by Gasteiger charge is -2.31. The third kappa shape index (κ3) is 1.67. The highest BCUT2D eigenvalue weighted by Crippen LogP contribution is 2.30. The zero-order valence-corrected chi connectivity index (χ0v) is 9.83. The number of allylic oxidation sites excluding steroid dienone is 4. The van der Waals surface area contributed by atoms with Crippen molar-refractivity contribution in [3.8, 4) is 0 Å². The first-order valence-electron chi connectivity index (χ1n) is 5.06. The average molecular weight is 237 g/mol. The smallest absolute Gasteiger partial charge is 0.180 e. The van der Waals surface area contributed by atoms with Gasteiger partial charge in [0.2, 0.25) is 0 Å². The first-order chi connectivity index (χ1) is 7.65. The summed E-state index contributed by atoms with van der Waals surface area (Å²) in [6, 6.07) is 0. The van der Waals surface area contributed by atoms with E-state index < -0.39 is 0 Å². The number of amidine groups is 1. The highest BCUT2D eigenvalue weighted by Gasteiger charge is 2.25. The Hall–Kier alpha value is -1.48. The van der Waals surface area contributed by atoms with Gasteiger partial charge in [0.05, 0.1) is 0 Å². The van der Waals surface area contributed by atoms with E-state index in [1.54, 1.807) is 17.1 Å². The van der Waals surface area contributed by atoms with Crippen LogP contribution in [0.5, 0.6) is 0 Å². The molecule has 0 aromatic rings. The number of hydrogen-bond donors (Lipinski definition) is 1. The molecule has 0 amide bonds. The molecule has 0 radical (unpaired) electrons. The minimum Gasteiger partial charge on any atom is -0.504 e. The van der Waals surface area contributed by atoms with Crippen LogP contribution in [-0.4, -0.2) is 21.7 Å². The number of nitrogens with zero attached hydrogens (tertiary/aromatic N) is 2. The lowest BCUT2D eigenvalue weighted by molar-refractivity contribution is 0.426. The lowest BCUT2D eigenvalue weighted by atomic mass is 10.0. The van der Waals surface area contributed by atoms with E-state index in [9.17, 15) is 5.11 Å². The van der Waals surface area contributed by atoms with Gasteiger partial charge in [0.15, 0.2) is 11.6 Å². The predicted octanol–water partition coefficient (Wildman–Crippen LogP) is 3.09. The Morgan fingerprint density at radius 2 is 2.31 bits per heavy atom. The van der Waals surface area contributed by atoms with Crippen LogP contribution >= 0.6 is 11.6 Å². The van der Waals surface area contributed by atoms with Gasteiger partial charge in [-0.3, -0.25) is 4.90 Å². The van der Waals surface area contributed by atoms with E-state index in [4.69, 9.17) is 11.6 Å². The Morgan fingerprint density at radius 1 is 1.56 bits per heavy atom. The predicted molar refractivity (Wildman–Crippen MR) is 66.3 cm³/mol. The Kier molecular flexibility index (Phi) is 2.88. The minimum absolute atomic E-state index is 0.160. The largest absolute Gasteiger partial charge is 0.504 e. The number of alkyl halides is 1. The van der Waals surface area contributed by atoms with Gasteiger partial charge in [-0.1, -0.05) is 6.58 Å². The van der Waals surface area contributed by atoms with Gasteiger partial charge in [-0.2, -0.15) is 0 Å². The van der Waals surface area contributed by atoms with Crippen LogP contribution in [0.15, 0.2) is 52.6 Å². The van der Waals surface area contributed by atoms with Crippen molar-refractivity contribution in [1.82, 2.24) is 4.90 Å². The molecular formula is C12H13ClN2O. The first-order valence-corrected chi connectivity index (χ1v) is 5.59. The van der Waals surface area contributed by atoms with Crippen LogP contribution in [0.25, 0.3) is 0 Å². The molecule has 0 saturated carbocycles. The fourth-order valence-electron chi connectivity index (χ4n) is 1.82. The highest BCUT2D eigenvalue weighted by atomic mass is 35.5. The van der Waals surface area contributed by atoms with Crippen molar-refractivity contribution in [1.29, 1.82) is 0 Å². The molecule has 2 aliphatic rings. The average Bonchev–Trinajstić information content (AvgIpc) is 2.26. The van der Waals surface area contributed by atoms with E-state index in [-0.39, 0.29) is 5.76 Å². The van der Waals surface area contributed by atoms with Gasteiger partial charge in [-0.15, -0.1) is 11.6 Å². The fraction of sp³-hybridized carbons (Fsp3) is 0.250. The van der Waals surface area contributed by atoms with Crippen molar-refractivity contribution in [3.05, 3.63) is 47.7 Å². The summed E-state index contributed by atoms with van der Waals surface area (Å²) in [4.78, 5) is 6.15. The molecule has 4 heteroatoms. The van der Waals surface area contributed by atoms with Crippen LogP contribution in [0.1, 0.15) is 13.3 Å². The first kappa shape index (κ1) is 11.0. The standard InChI is InChI=1S/C12H13ClN2O/c1-8-10(5-6-13)9(2)15-7-3-4-11(16)12(15)14-8/h3-4,7,16H,2,5-6H2,1H3. The summed E-state index contributed by atoms with van der Waals surface area (Å²) < 4.78 is 0. The number of rotatable bonds is 2. The second-order valence-corrected chi connectivity index (χ2v) is 4.03. The van der Waals surface area contributed by atoms with E-state index in [2.05, 4.69) is 11.6 Å². The van der Waals surface area contributed by atoms with Gasteiger partial charge in [-0.05, 0) is 31.1 Å². The van der Waals surface area contributed by atoms with Crippen molar-refractivity contribution >= 4 is 17.4 Å². The van der Waals surface area contributed by atoms with E-state index >= 15 is 0 Å². The molecule has 3 nitrogen and oxygen atoms in total. The molecule has 0 saturated heterocycles. The van der Waals surface area contributed by atoms with E-state index in [0.29, 0.717) is 11.7 Å². The lowest BCUT2D eigenvalue weighted by Crippen LogP contribution is -2.32. The maximum atomic E-state index is 9.70. The number of aliphatic hydroxyl groups excluding tert-OH is 1. The third-order valence-electron chi connectivity index (χ3n) is 2.64. The van der Waals surface area contributed by atoms with Crippen molar-refractivity contribution < 1.29 is 5.11 Å². The van der Waals surface area contributed by atoms with Crippen LogP contribution in [0.4, 0.5) is 0 Å². The summed E-state index contributed by atoms with van der Waals surface area (Å²) in [6.07, 6.45) is 5.94. The van der Waals surface area contributed by atoms with Gasteiger partial charge >= 0.3 is 0 Å².